The summed E-state index contributed by atoms with van der Waals surface area (Å²) in [7, 11) is 0. The fourth-order valence-electron chi connectivity index (χ4n) is 5.35. The van der Waals surface area contributed by atoms with E-state index in [4.69, 9.17) is 0 Å². The van der Waals surface area contributed by atoms with Crippen LogP contribution in [0.5, 0.6) is 0 Å². The molecule has 20 heavy (non-hydrogen) atoms. The standard InChI is InChI=1S/C19H35N/c1-19(2,3)20-13-17-7-5-4-6-15(17)12-18-11-14-8-9-16(18)10-14/h14-18,20H,4-13H2,1-3H3. The van der Waals surface area contributed by atoms with Gasteiger partial charge < -0.3 is 5.32 Å². The first-order valence-electron chi connectivity index (χ1n) is 9.26. The lowest BCUT2D eigenvalue weighted by molar-refractivity contribution is 0.159. The molecule has 3 rings (SSSR count). The smallest absolute Gasteiger partial charge is 0.00966 e. The molecule has 5 unspecified atom stereocenters. The van der Waals surface area contributed by atoms with Crippen LogP contribution < -0.4 is 5.32 Å². The zero-order valence-corrected chi connectivity index (χ0v) is 14.0. The van der Waals surface area contributed by atoms with Gasteiger partial charge in [-0.15, -0.1) is 0 Å². The van der Waals surface area contributed by atoms with Crippen molar-refractivity contribution in [1.29, 1.82) is 0 Å². The summed E-state index contributed by atoms with van der Waals surface area (Å²) in [6.07, 6.45) is 13.8. The van der Waals surface area contributed by atoms with Crippen LogP contribution >= 0.6 is 0 Å². The summed E-state index contributed by atoms with van der Waals surface area (Å²) < 4.78 is 0. The second kappa shape index (κ2) is 5.99. The quantitative estimate of drug-likeness (QED) is 0.762. The molecule has 0 aliphatic heterocycles. The van der Waals surface area contributed by atoms with E-state index < -0.39 is 0 Å². The van der Waals surface area contributed by atoms with Crippen molar-refractivity contribution >= 4 is 0 Å². The van der Waals surface area contributed by atoms with Crippen molar-refractivity contribution in [3.05, 3.63) is 0 Å². The van der Waals surface area contributed by atoms with Crippen molar-refractivity contribution < 1.29 is 0 Å². The first kappa shape index (κ1) is 14.9. The molecule has 0 aromatic heterocycles. The van der Waals surface area contributed by atoms with E-state index in [2.05, 4.69) is 26.1 Å². The van der Waals surface area contributed by atoms with Gasteiger partial charge in [0.15, 0.2) is 0 Å². The van der Waals surface area contributed by atoms with Crippen LogP contribution in [0.4, 0.5) is 0 Å². The van der Waals surface area contributed by atoms with Crippen LogP contribution in [0.15, 0.2) is 0 Å². The maximum Gasteiger partial charge on any atom is 0.00966 e. The maximum absolute atomic E-state index is 3.78. The lowest BCUT2D eigenvalue weighted by atomic mass is 9.72. The molecular weight excluding hydrogens is 242 g/mol. The van der Waals surface area contributed by atoms with E-state index in [1.54, 1.807) is 32.1 Å². The molecule has 0 heterocycles. The van der Waals surface area contributed by atoms with Crippen LogP contribution in [0, 0.1) is 29.6 Å². The van der Waals surface area contributed by atoms with E-state index in [0.29, 0.717) is 0 Å². The second-order valence-corrected chi connectivity index (χ2v) is 9.11. The Morgan fingerprint density at radius 3 is 2.20 bits per heavy atom. The number of fused-ring (bicyclic) bond motifs is 2. The maximum atomic E-state index is 3.78. The summed E-state index contributed by atoms with van der Waals surface area (Å²) in [5, 5.41) is 3.78. The Morgan fingerprint density at radius 2 is 1.60 bits per heavy atom. The Hall–Kier alpha value is -0.0400. The summed E-state index contributed by atoms with van der Waals surface area (Å²) in [5.74, 6) is 5.34. The minimum atomic E-state index is 0.286. The van der Waals surface area contributed by atoms with E-state index in [1.807, 2.05) is 0 Å². The van der Waals surface area contributed by atoms with E-state index in [1.165, 1.54) is 32.2 Å². The van der Waals surface area contributed by atoms with Crippen molar-refractivity contribution in [1.82, 2.24) is 5.32 Å². The molecule has 5 atom stereocenters. The lowest BCUT2D eigenvalue weighted by Crippen LogP contribution is -2.41. The largest absolute Gasteiger partial charge is 0.312 e. The Morgan fingerprint density at radius 1 is 0.850 bits per heavy atom. The second-order valence-electron chi connectivity index (χ2n) is 9.11. The average molecular weight is 277 g/mol. The van der Waals surface area contributed by atoms with Crippen molar-refractivity contribution in [3.63, 3.8) is 0 Å². The molecule has 0 aromatic carbocycles. The van der Waals surface area contributed by atoms with Gasteiger partial charge in [0.2, 0.25) is 0 Å². The van der Waals surface area contributed by atoms with E-state index in [9.17, 15) is 0 Å². The monoisotopic (exact) mass is 277 g/mol. The number of hydrogen-bond donors (Lipinski definition) is 1. The van der Waals surface area contributed by atoms with Gasteiger partial charge in [-0.3, -0.25) is 0 Å². The SMILES string of the molecule is CC(C)(C)NCC1CCCCC1CC1CC2CCC1C2. The molecule has 0 radical (unpaired) electrons. The Balaban J connectivity index is 1.52. The molecule has 0 saturated heterocycles. The highest BCUT2D eigenvalue weighted by Gasteiger charge is 2.41. The fourth-order valence-corrected chi connectivity index (χ4v) is 5.35. The summed E-state index contributed by atoms with van der Waals surface area (Å²) in [5.41, 5.74) is 0.286. The third-order valence-corrected chi connectivity index (χ3v) is 6.45. The van der Waals surface area contributed by atoms with E-state index in [0.717, 1.165) is 29.6 Å². The molecular formula is C19H35N. The van der Waals surface area contributed by atoms with Crippen molar-refractivity contribution in [3.8, 4) is 0 Å². The van der Waals surface area contributed by atoms with Crippen LogP contribution in [0.3, 0.4) is 0 Å². The molecule has 1 nitrogen and oxygen atoms in total. The van der Waals surface area contributed by atoms with E-state index >= 15 is 0 Å². The minimum Gasteiger partial charge on any atom is -0.312 e. The van der Waals surface area contributed by atoms with Crippen LogP contribution in [-0.2, 0) is 0 Å². The number of rotatable bonds is 4. The van der Waals surface area contributed by atoms with Gasteiger partial charge in [-0.1, -0.05) is 25.7 Å². The van der Waals surface area contributed by atoms with Gasteiger partial charge in [-0.05, 0) is 89.0 Å². The first-order chi connectivity index (χ1) is 9.51. The molecule has 2 bridgehead atoms. The molecule has 116 valence electrons. The minimum absolute atomic E-state index is 0.286. The summed E-state index contributed by atoms with van der Waals surface area (Å²) >= 11 is 0. The van der Waals surface area contributed by atoms with Crippen LogP contribution in [-0.4, -0.2) is 12.1 Å². The highest BCUT2D eigenvalue weighted by molar-refractivity contribution is 4.92. The third kappa shape index (κ3) is 3.59. The van der Waals surface area contributed by atoms with Crippen molar-refractivity contribution in [2.75, 3.05) is 6.54 Å². The highest BCUT2D eigenvalue weighted by Crippen LogP contribution is 2.51. The summed E-state index contributed by atoms with van der Waals surface area (Å²) in [4.78, 5) is 0. The summed E-state index contributed by atoms with van der Waals surface area (Å²) in [6.45, 7) is 8.18. The molecule has 1 heteroatoms. The number of nitrogens with one attached hydrogen (secondary N) is 1. The third-order valence-electron chi connectivity index (χ3n) is 6.45. The molecule has 3 aliphatic carbocycles. The zero-order valence-electron chi connectivity index (χ0n) is 14.0. The molecule has 0 amide bonds. The molecule has 0 spiro atoms. The Kier molecular flexibility index (Phi) is 4.45. The molecule has 0 aromatic rings. The van der Waals surface area contributed by atoms with Crippen LogP contribution in [0.2, 0.25) is 0 Å². The van der Waals surface area contributed by atoms with Crippen LogP contribution in [0.25, 0.3) is 0 Å². The predicted molar refractivity (Wildman–Crippen MR) is 86.8 cm³/mol. The summed E-state index contributed by atoms with van der Waals surface area (Å²) in [6, 6.07) is 0. The molecule has 3 fully saturated rings. The van der Waals surface area contributed by atoms with Gasteiger partial charge in [-0.2, -0.15) is 0 Å². The topological polar surface area (TPSA) is 12.0 Å². The first-order valence-corrected chi connectivity index (χ1v) is 9.26. The number of hydrogen-bond acceptors (Lipinski definition) is 1. The van der Waals surface area contributed by atoms with Gasteiger partial charge in [0.05, 0.1) is 0 Å². The molecule has 3 aliphatic rings. The van der Waals surface area contributed by atoms with Crippen LogP contribution in [0.1, 0.15) is 78.6 Å². The lowest BCUT2D eigenvalue weighted by Gasteiger charge is -2.37. The molecule has 3 saturated carbocycles. The van der Waals surface area contributed by atoms with Crippen molar-refractivity contribution in [2.45, 2.75) is 84.1 Å². The fraction of sp³-hybridized carbons (Fsp3) is 1.00. The normalized spacial score (nSPS) is 41.2. The van der Waals surface area contributed by atoms with Gasteiger partial charge >= 0.3 is 0 Å². The Labute approximate surface area is 126 Å². The zero-order chi connectivity index (χ0) is 14.2. The predicted octanol–water partition coefficient (Wildman–Crippen LogP) is 5.01. The van der Waals surface area contributed by atoms with Gasteiger partial charge in [0.25, 0.3) is 0 Å². The molecule has 1 N–H and O–H groups in total. The van der Waals surface area contributed by atoms with Gasteiger partial charge in [0.1, 0.15) is 0 Å². The van der Waals surface area contributed by atoms with Crippen molar-refractivity contribution in [2.24, 2.45) is 29.6 Å². The van der Waals surface area contributed by atoms with Gasteiger partial charge in [0, 0.05) is 5.54 Å². The van der Waals surface area contributed by atoms with E-state index in [-0.39, 0.29) is 5.54 Å². The average Bonchev–Trinajstić information content (AvgIpc) is 2.99. The Bertz CT molecular complexity index is 316. The highest BCUT2D eigenvalue weighted by atomic mass is 14.9. The van der Waals surface area contributed by atoms with Gasteiger partial charge in [-0.25, -0.2) is 0 Å².